The SMILES string of the molecule is CCC(C)c1ccccc1N1CC(C(=O)NNc2nc3ccccc3c(=O)n2CC)CC1=O. The third kappa shape index (κ3) is 4.33. The van der Waals surface area contributed by atoms with Crippen LogP contribution in [-0.4, -0.2) is 27.9 Å². The molecule has 2 atom stereocenters. The summed E-state index contributed by atoms with van der Waals surface area (Å²) in [5, 5.41) is 0.522. The lowest BCUT2D eigenvalue weighted by atomic mass is 9.96. The average molecular weight is 448 g/mol. The van der Waals surface area contributed by atoms with Gasteiger partial charge in [0.05, 0.1) is 16.8 Å². The highest BCUT2D eigenvalue weighted by Gasteiger charge is 2.36. The molecule has 33 heavy (non-hydrogen) atoms. The van der Waals surface area contributed by atoms with Crippen LogP contribution < -0.4 is 21.3 Å². The van der Waals surface area contributed by atoms with Gasteiger partial charge in [-0.05, 0) is 43.0 Å². The second-order valence-electron chi connectivity index (χ2n) is 8.39. The molecule has 8 heteroatoms. The molecule has 0 saturated carbocycles. The minimum Gasteiger partial charge on any atom is -0.311 e. The Hall–Kier alpha value is -3.68. The van der Waals surface area contributed by atoms with Crippen LogP contribution >= 0.6 is 0 Å². The van der Waals surface area contributed by atoms with E-state index in [2.05, 4.69) is 29.7 Å². The molecule has 2 amide bonds. The van der Waals surface area contributed by atoms with Crippen LogP contribution in [0.4, 0.5) is 11.6 Å². The van der Waals surface area contributed by atoms with Crippen molar-refractivity contribution in [1.82, 2.24) is 15.0 Å². The molecule has 2 heterocycles. The molecule has 0 bridgehead atoms. The van der Waals surface area contributed by atoms with Crippen molar-refractivity contribution in [1.29, 1.82) is 0 Å². The molecule has 1 fully saturated rings. The zero-order valence-corrected chi connectivity index (χ0v) is 19.2. The van der Waals surface area contributed by atoms with Gasteiger partial charge in [-0.1, -0.05) is 44.2 Å². The molecule has 0 aliphatic carbocycles. The van der Waals surface area contributed by atoms with Crippen LogP contribution in [0.5, 0.6) is 0 Å². The van der Waals surface area contributed by atoms with Crippen LogP contribution in [0.2, 0.25) is 0 Å². The zero-order valence-electron chi connectivity index (χ0n) is 19.2. The molecule has 1 aromatic heterocycles. The maximum atomic E-state index is 12.9. The van der Waals surface area contributed by atoms with E-state index in [1.54, 1.807) is 23.1 Å². The molecular weight excluding hydrogens is 418 g/mol. The van der Waals surface area contributed by atoms with Crippen molar-refractivity contribution < 1.29 is 9.59 Å². The number of para-hydroxylation sites is 2. The van der Waals surface area contributed by atoms with Gasteiger partial charge >= 0.3 is 0 Å². The molecule has 4 rings (SSSR count). The first-order valence-electron chi connectivity index (χ1n) is 11.4. The smallest absolute Gasteiger partial charge is 0.262 e. The van der Waals surface area contributed by atoms with Gasteiger partial charge in [0, 0.05) is 25.2 Å². The fourth-order valence-electron chi connectivity index (χ4n) is 4.26. The number of carbonyl (C=O) groups excluding carboxylic acids is 2. The third-order valence-corrected chi connectivity index (χ3v) is 6.34. The van der Waals surface area contributed by atoms with E-state index in [1.807, 2.05) is 37.3 Å². The van der Waals surface area contributed by atoms with E-state index in [0.29, 0.717) is 29.9 Å². The molecule has 2 aromatic carbocycles. The Morgan fingerprint density at radius 3 is 2.61 bits per heavy atom. The van der Waals surface area contributed by atoms with Gasteiger partial charge < -0.3 is 4.90 Å². The lowest BCUT2D eigenvalue weighted by Crippen LogP contribution is -2.39. The van der Waals surface area contributed by atoms with Crippen molar-refractivity contribution in [3.8, 4) is 0 Å². The van der Waals surface area contributed by atoms with Gasteiger partial charge in [0.25, 0.3) is 5.56 Å². The Bertz CT molecular complexity index is 1250. The van der Waals surface area contributed by atoms with E-state index in [9.17, 15) is 14.4 Å². The van der Waals surface area contributed by atoms with Crippen molar-refractivity contribution in [2.24, 2.45) is 5.92 Å². The monoisotopic (exact) mass is 447 g/mol. The number of hydrazine groups is 1. The van der Waals surface area contributed by atoms with Gasteiger partial charge in [-0.25, -0.2) is 4.98 Å². The maximum absolute atomic E-state index is 12.9. The quantitative estimate of drug-likeness (QED) is 0.541. The van der Waals surface area contributed by atoms with Crippen LogP contribution in [0.1, 0.15) is 45.1 Å². The summed E-state index contributed by atoms with van der Waals surface area (Å²) in [6, 6.07) is 15.0. The number of carbonyl (C=O) groups is 2. The minimum absolute atomic E-state index is 0.0693. The predicted octanol–water partition coefficient (Wildman–Crippen LogP) is 3.43. The lowest BCUT2D eigenvalue weighted by Gasteiger charge is -2.23. The van der Waals surface area contributed by atoms with E-state index < -0.39 is 5.92 Å². The van der Waals surface area contributed by atoms with Crippen LogP contribution in [-0.2, 0) is 16.1 Å². The fraction of sp³-hybridized carbons (Fsp3) is 0.360. The summed E-state index contributed by atoms with van der Waals surface area (Å²) >= 11 is 0. The largest absolute Gasteiger partial charge is 0.311 e. The summed E-state index contributed by atoms with van der Waals surface area (Å²) in [5.41, 5.74) is 7.82. The van der Waals surface area contributed by atoms with Crippen molar-refractivity contribution >= 4 is 34.4 Å². The van der Waals surface area contributed by atoms with Crippen LogP contribution in [0.3, 0.4) is 0 Å². The number of fused-ring (bicyclic) bond motifs is 1. The standard InChI is InChI=1S/C25H29N5O3/c1-4-16(3)18-10-7-9-13-21(18)30-15-17(14-22(30)31)23(32)27-28-25-26-20-12-8-6-11-19(20)24(33)29(25)5-2/h6-13,16-17H,4-5,14-15H2,1-3H3,(H,26,28)(H,27,32). The number of amides is 2. The summed E-state index contributed by atoms with van der Waals surface area (Å²) in [4.78, 5) is 44.6. The highest BCUT2D eigenvalue weighted by Crippen LogP contribution is 2.33. The average Bonchev–Trinajstić information content (AvgIpc) is 3.23. The van der Waals surface area contributed by atoms with E-state index in [4.69, 9.17) is 0 Å². The number of aromatic nitrogens is 2. The topological polar surface area (TPSA) is 96.3 Å². The molecule has 2 N–H and O–H groups in total. The third-order valence-electron chi connectivity index (χ3n) is 6.34. The molecule has 8 nitrogen and oxygen atoms in total. The number of rotatable bonds is 7. The fourth-order valence-corrected chi connectivity index (χ4v) is 4.26. The van der Waals surface area contributed by atoms with Crippen molar-refractivity contribution in [3.63, 3.8) is 0 Å². The molecule has 0 radical (unpaired) electrons. The molecule has 3 aromatic rings. The Balaban J connectivity index is 1.50. The molecule has 1 saturated heterocycles. The number of nitrogens with zero attached hydrogens (tertiary/aromatic N) is 3. The summed E-state index contributed by atoms with van der Waals surface area (Å²) in [6.45, 7) is 6.80. The Kier molecular flexibility index (Phi) is 6.44. The van der Waals surface area contributed by atoms with Gasteiger partial charge in [0.1, 0.15) is 0 Å². The van der Waals surface area contributed by atoms with Gasteiger partial charge in [0.2, 0.25) is 17.8 Å². The second-order valence-corrected chi connectivity index (χ2v) is 8.39. The zero-order chi connectivity index (χ0) is 23.5. The van der Waals surface area contributed by atoms with Gasteiger partial charge in [-0.2, -0.15) is 0 Å². The van der Waals surface area contributed by atoms with Gasteiger partial charge in [-0.3, -0.25) is 29.8 Å². The van der Waals surface area contributed by atoms with Gasteiger partial charge in [0.15, 0.2) is 0 Å². The number of benzene rings is 2. The van der Waals surface area contributed by atoms with Crippen molar-refractivity contribution in [2.75, 3.05) is 16.9 Å². The first-order valence-corrected chi connectivity index (χ1v) is 11.4. The first kappa shape index (κ1) is 22.5. The number of nitrogens with one attached hydrogen (secondary N) is 2. The maximum Gasteiger partial charge on any atom is 0.262 e. The van der Waals surface area contributed by atoms with Crippen LogP contribution in [0.25, 0.3) is 10.9 Å². The summed E-state index contributed by atoms with van der Waals surface area (Å²) in [5.74, 6) is -0.305. The molecule has 2 unspecified atom stereocenters. The van der Waals surface area contributed by atoms with Crippen LogP contribution in [0, 0.1) is 5.92 Å². The van der Waals surface area contributed by atoms with Gasteiger partial charge in [-0.15, -0.1) is 0 Å². The Labute approximate surface area is 192 Å². The molecular formula is C25H29N5O3. The summed E-state index contributed by atoms with van der Waals surface area (Å²) in [7, 11) is 0. The van der Waals surface area contributed by atoms with Crippen molar-refractivity contribution in [3.05, 3.63) is 64.4 Å². The molecule has 1 aliphatic rings. The van der Waals surface area contributed by atoms with E-state index in [-0.39, 0.29) is 29.7 Å². The molecule has 0 spiro atoms. The highest BCUT2D eigenvalue weighted by atomic mass is 16.2. The highest BCUT2D eigenvalue weighted by molar-refractivity contribution is 6.01. The van der Waals surface area contributed by atoms with E-state index in [0.717, 1.165) is 17.7 Å². The predicted molar refractivity (Wildman–Crippen MR) is 129 cm³/mol. The minimum atomic E-state index is -0.503. The summed E-state index contributed by atoms with van der Waals surface area (Å²) in [6.07, 6.45) is 1.10. The lowest BCUT2D eigenvalue weighted by molar-refractivity contribution is -0.125. The van der Waals surface area contributed by atoms with E-state index >= 15 is 0 Å². The van der Waals surface area contributed by atoms with Crippen molar-refractivity contribution in [2.45, 2.75) is 46.1 Å². The second kappa shape index (κ2) is 9.44. The van der Waals surface area contributed by atoms with Crippen LogP contribution in [0.15, 0.2) is 53.3 Å². The van der Waals surface area contributed by atoms with E-state index in [1.165, 1.54) is 4.57 Å². The Morgan fingerprint density at radius 1 is 1.12 bits per heavy atom. The number of hydrogen-bond donors (Lipinski definition) is 2. The molecule has 172 valence electrons. The Morgan fingerprint density at radius 2 is 1.85 bits per heavy atom. The normalized spacial score (nSPS) is 16.8. The molecule has 1 aliphatic heterocycles. The summed E-state index contributed by atoms with van der Waals surface area (Å²) < 4.78 is 1.47. The number of anilines is 2. The number of hydrogen-bond acceptors (Lipinski definition) is 5. The first-order chi connectivity index (χ1) is 15.9.